The normalized spacial score (nSPS) is 12.3. The Hall–Kier alpha value is -2.76. The average Bonchev–Trinajstić information content (AvgIpc) is 3.12. The summed E-state index contributed by atoms with van der Waals surface area (Å²) in [4.78, 5) is 9.21. The molecule has 0 radical (unpaired) electrons. The lowest BCUT2D eigenvalue weighted by atomic mass is 9.84. The van der Waals surface area contributed by atoms with E-state index in [1.165, 1.54) is 0 Å². The number of nitrogens with zero attached hydrogens (tertiary/aromatic N) is 6. The molecule has 0 aliphatic rings. The Labute approximate surface area is 133 Å². The van der Waals surface area contributed by atoms with Crippen LogP contribution in [0.3, 0.4) is 0 Å². The van der Waals surface area contributed by atoms with Gasteiger partial charge in [-0.15, -0.1) is 0 Å². The molecule has 0 aliphatic carbocycles. The van der Waals surface area contributed by atoms with Gasteiger partial charge in [-0.1, -0.05) is 13.8 Å². The molecule has 0 spiro atoms. The second-order valence-corrected chi connectivity index (χ2v) is 6.51. The zero-order valence-corrected chi connectivity index (χ0v) is 13.4. The maximum atomic E-state index is 4.76. The standard InChI is InChI=1S/C17H18N6/c1-12-10-20-22-8-6-13(21-16(12)22)9-17(2,3)14-11-18-15-5-4-7-19-23(14)15/h4-8,10-11H,9H2,1-3H3. The fourth-order valence-electron chi connectivity index (χ4n) is 2.95. The second kappa shape index (κ2) is 4.87. The molecule has 0 saturated heterocycles. The molecule has 6 heteroatoms. The van der Waals surface area contributed by atoms with Crippen LogP contribution >= 0.6 is 0 Å². The second-order valence-electron chi connectivity index (χ2n) is 6.51. The maximum Gasteiger partial charge on any atom is 0.158 e. The molecule has 116 valence electrons. The molecular formula is C17H18N6. The van der Waals surface area contributed by atoms with Crippen molar-refractivity contribution in [2.24, 2.45) is 0 Å². The van der Waals surface area contributed by atoms with E-state index in [1.807, 2.05) is 52.7 Å². The van der Waals surface area contributed by atoms with Crippen molar-refractivity contribution in [3.05, 3.63) is 59.9 Å². The quantitative estimate of drug-likeness (QED) is 0.584. The smallest absolute Gasteiger partial charge is 0.158 e. The van der Waals surface area contributed by atoms with Gasteiger partial charge in [0, 0.05) is 35.5 Å². The van der Waals surface area contributed by atoms with Crippen molar-refractivity contribution >= 4 is 11.3 Å². The van der Waals surface area contributed by atoms with Crippen molar-refractivity contribution in [2.75, 3.05) is 0 Å². The molecule has 0 N–H and O–H groups in total. The number of aromatic nitrogens is 6. The van der Waals surface area contributed by atoms with Gasteiger partial charge in [-0.3, -0.25) is 0 Å². The number of hydrogen-bond acceptors (Lipinski definition) is 4. The number of fused-ring (bicyclic) bond motifs is 2. The summed E-state index contributed by atoms with van der Waals surface area (Å²) in [7, 11) is 0. The molecule has 4 aromatic heterocycles. The average molecular weight is 306 g/mol. The Morgan fingerprint density at radius 2 is 2.00 bits per heavy atom. The third kappa shape index (κ3) is 2.27. The molecule has 23 heavy (non-hydrogen) atoms. The molecule has 0 amide bonds. The minimum atomic E-state index is -0.132. The zero-order valence-electron chi connectivity index (χ0n) is 13.4. The number of hydrogen-bond donors (Lipinski definition) is 0. The molecule has 0 unspecified atom stereocenters. The molecule has 6 nitrogen and oxygen atoms in total. The van der Waals surface area contributed by atoms with Crippen LogP contribution in [0.2, 0.25) is 0 Å². The topological polar surface area (TPSA) is 60.4 Å². The van der Waals surface area contributed by atoms with Crippen LogP contribution in [0.1, 0.15) is 30.8 Å². The summed E-state index contributed by atoms with van der Waals surface area (Å²) < 4.78 is 3.71. The highest BCUT2D eigenvalue weighted by Gasteiger charge is 2.26. The minimum absolute atomic E-state index is 0.132. The Morgan fingerprint density at radius 1 is 1.13 bits per heavy atom. The first-order valence-corrected chi connectivity index (χ1v) is 7.64. The molecule has 0 bridgehead atoms. The van der Waals surface area contributed by atoms with Crippen LogP contribution in [0.15, 0.2) is 43.0 Å². The summed E-state index contributed by atoms with van der Waals surface area (Å²) in [6.45, 7) is 6.42. The third-order valence-electron chi connectivity index (χ3n) is 4.20. The van der Waals surface area contributed by atoms with Gasteiger partial charge in [0.25, 0.3) is 0 Å². The van der Waals surface area contributed by atoms with Gasteiger partial charge < -0.3 is 0 Å². The van der Waals surface area contributed by atoms with Gasteiger partial charge in [0.15, 0.2) is 11.3 Å². The summed E-state index contributed by atoms with van der Waals surface area (Å²) in [6.07, 6.45) is 8.30. The Balaban J connectivity index is 1.74. The first-order chi connectivity index (χ1) is 11.0. The number of aryl methyl sites for hydroxylation is 1. The van der Waals surface area contributed by atoms with Crippen molar-refractivity contribution in [1.82, 2.24) is 29.2 Å². The van der Waals surface area contributed by atoms with Crippen molar-refractivity contribution in [2.45, 2.75) is 32.6 Å². The van der Waals surface area contributed by atoms with E-state index >= 15 is 0 Å². The molecule has 0 atom stereocenters. The monoisotopic (exact) mass is 306 g/mol. The van der Waals surface area contributed by atoms with Crippen molar-refractivity contribution < 1.29 is 0 Å². The SMILES string of the molecule is Cc1cnn2ccc(CC(C)(C)c3cnc4cccnn34)nc12. The van der Waals surface area contributed by atoms with E-state index < -0.39 is 0 Å². The van der Waals surface area contributed by atoms with Crippen molar-refractivity contribution in [1.29, 1.82) is 0 Å². The fourth-order valence-corrected chi connectivity index (χ4v) is 2.95. The molecule has 0 fully saturated rings. The van der Waals surface area contributed by atoms with E-state index in [0.29, 0.717) is 0 Å². The molecule has 4 rings (SSSR count). The highest BCUT2D eigenvalue weighted by atomic mass is 15.3. The Morgan fingerprint density at radius 3 is 2.87 bits per heavy atom. The molecular weight excluding hydrogens is 288 g/mol. The predicted molar refractivity (Wildman–Crippen MR) is 87.4 cm³/mol. The van der Waals surface area contributed by atoms with Crippen LogP contribution in [0, 0.1) is 6.92 Å². The van der Waals surface area contributed by atoms with Gasteiger partial charge in [0.2, 0.25) is 0 Å². The summed E-state index contributed by atoms with van der Waals surface area (Å²) in [5, 5.41) is 8.70. The highest BCUT2D eigenvalue weighted by molar-refractivity contribution is 5.46. The van der Waals surface area contributed by atoms with Crippen LogP contribution in [0.4, 0.5) is 0 Å². The first-order valence-electron chi connectivity index (χ1n) is 7.64. The van der Waals surface area contributed by atoms with Crippen LogP contribution < -0.4 is 0 Å². The summed E-state index contributed by atoms with van der Waals surface area (Å²) >= 11 is 0. The van der Waals surface area contributed by atoms with Gasteiger partial charge >= 0.3 is 0 Å². The number of imidazole rings is 1. The number of rotatable bonds is 3. The van der Waals surface area contributed by atoms with E-state index in [9.17, 15) is 0 Å². The molecule has 4 aromatic rings. The van der Waals surface area contributed by atoms with Crippen LogP contribution in [0.5, 0.6) is 0 Å². The zero-order chi connectivity index (χ0) is 16.0. The third-order valence-corrected chi connectivity index (χ3v) is 4.20. The fraction of sp³-hybridized carbons (Fsp3) is 0.294. The van der Waals surface area contributed by atoms with Gasteiger partial charge in [0.05, 0.1) is 18.1 Å². The lowest BCUT2D eigenvalue weighted by Crippen LogP contribution is -2.24. The maximum absolute atomic E-state index is 4.76. The van der Waals surface area contributed by atoms with Crippen LogP contribution in [0.25, 0.3) is 11.3 Å². The van der Waals surface area contributed by atoms with E-state index in [1.54, 1.807) is 6.20 Å². The van der Waals surface area contributed by atoms with E-state index in [4.69, 9.17) is 4.98 Å². The molecule has 0 aromatic carbocycles. The molecule has 0 aliphatic heterocycles. The van der Waals surface area contributed by atoms with Crippen molar-refractivity contribution in [3.8, 4) is 0 Å². The van der Waals surface area contributed by atoms with Gasteiger partial charge in [0.1, 0.15) is 0 Å². The summed E-state index contributed by atoms with van der Waals surface area (Å²) in [5.74, 6) is 0. The van der Waals surface area contributed by atoms with Crippen molar-refractivity contribution in [3.63, 3.8) is 0 Å². The molecule has 0 saturated carbocycles. The van der Waals surface area contributed by atoms with E-state index in [0.717, 1.165) is 34.7 Å². The highest BCUT2D eigenvalue weighted by Crippen LogP contribution is 2.27. The first kappa shape index (κ1) is 13.9. The van der Waals surface area contributed by atoms with Crippen LogP contribution in [-0.2, 0) is 11.8 Å². The summed E-state index contributed by atoms with van der Waals surface area (Å²) in [6, 6.07) is 5.89. The van der Waals surface area contributed by atoms with Gasteiger partial charge in [-0.2, -0.15) is 10.2 Å². The van der Waals surface area contributed by atoms with Gasteiger partial charge in [-0.05, 0) is 25.1 Å². The largest absolute Gasteiger partial charge is 0.235 e. The Bertz CT molecular complexity index is 995. The van der Waals surface area contributed by atoms with Crippen LogP contribution in [-0.4, -0.2) is 29.2 Å². The van der Waals surface area contributed by atoms with Gasteiger partial charge in [-0.25, -0.2) is 19.0 Å². The lowest BCUT2D eigenvalue weighted by molar-refractivity contribution is 0.486. The summed E-state index contributed by atoms with van der Waals surface area (Å²) in [5.41, 5.74) is 4.85. The Kier molecular flexibility index (Phi) is 2.94. The predicted octanol–water partition coefficient (Wildman–Crippen LogP) is 2.60. The molecule has 4 heterocycles. The van der Waals surface area contributed by atoms with E-state index in [2.05, 4.69) is 29.0 Å². The van der Waals surface area contributed by atoms with E-state index in [-0.39, 0.29) is 5.41 Å². The minimum Gasteiger partial charge on any atom is -0.235 e. The lowest BCUT2D eigenvalue weighted by Gasteiger charge is -2.23.